The molecule has 0 saturated carbocycles. The zero-order chi connectivity index (χ0) is 18.1. The van der Waals surface area contributed by atoms with Crippen molar-refractivity contribution in [2.45, 2.75) is 39.7 Å². The third-order valence-electron chi connectivity index (χ3n) is 4.03. The third kappa shape index (κ3) is 3.53. The molecule has 0 aliphatic rings. The molecule has 0 aliphatic carbocycles. The molecule has 6 heteroatoms. The maximum atomic E-state index is 13.0. The highest BCUT2D eigenvalue weighted by Crippen LogP contribution is 2.26. The van der Waals surface area contributed by atoms with Gasteiger partial charge in [0, 0.05) is 15.3 Å². The van der Waals surface area contributed by atoms with Gasteiger partial charge in [0.05, 0.1) is 22.8 Å². The minimum Gasteiger partial charge on any atom is -0.321 e. The van der Waals surface area contributed by atoms with Crippen LogP contribution in [0, 0.1) is 3.57 Å². The summed E-state index contributed by atoms with van der Waals surface area (Å²) < 4.78 is 2.87. The van der Waals surface area contributed by atoms with Crippen LogP contribution in [0.1, 0.15) is 55.7 Å². The fraction of sp³-hybridized carbons (Fsp3) is 0.316. The predicted octanol–water partition coefficient (Wildman–Crippen LogP) is 4.99. The van der Waals surface area contributed by atoms with E-state index >= 15 is 0 Å². The molecule has 0 aliphatic heterocycles. The number of nitrogens with zero attached hydrogens (tertiary/aromatic N) is 3. The summed E-state index contributed by atoms with van der Waals surface area (Å²) in [5, 5.41) is 8.23. The Bertz CT molecular complexity index is 930. The molecule has 1 amide bonds. The number of hydrogen-bond acceptors (Lipinski definition) is 3. The molecule has 2 heterocycles. The number of nitrogens with one attached hydrogen (secondary N) is 1. The summed E-state index contributed by atoms with van der Waals surface area (Å²) in [5.74, 6) is 0.0880. The molecule has 0 spiro atoms. The lowest BCUT2D eigenvalue weighted by molar-refractivity contribution is 0.102. The van der Waals surface area contributed by atoms with Crippen LogP contribution in [-0.2, 0) is 0 Å². The molecule has 3 aromatic rings. The summed E-state index contributed by atoms with van der Waals surface area (Å²) in [6.45, 7) is 8.27. The van der Waals surface area contributed by atoms with Crippen molar-refractivity contribution in [1.29, 1.82) is 0 Å². The third-order valence-corrected chi connectivity index (χ3v) is 4.97. The zero-order valence-corrected chi connectivity index (χ0v) is 16.9. The summed E-state index contributed by atoms with van der Waals surface area (Å²) in [4.78, 5) is 17.7. The number of halogens is 1. The van der Waals surface area contributed by atoms with Gasteiger partial charge in [-0.25, -0.2) is 9.67 Å². The van der Waals surface area contributed by atoms with Gasteiger partial charge in [-0.2, -0.15) is 5.10 Å². The molecule has 0 fully saturated rings. The number of hydrogen-bond donors (Lipinski definition) is 1. The van der Waals surface area contributed by atoms with Gasteiger partial charge in [-0.3, -0.25) is 4.79 Å². The highest BCUT2D eigenvalue weighted by Gasteiger charge is 2.19. The summed E-state index contributed by atoms with van der Waals surface area (Å²) in [7, 11) is 0. The minimum atomic E-state index is -0.137. The van der Waals surface area contributed by atoms with Crippen LogP contribution in [0.25, 0.3) is 11.0 Å². The first-order valence-corrected chi connectivity index (χ1v) is 9.40. The molecule has 1 aromatic carbocycles. The van der Waals surface area contributed by atoms with Crippen molar-refractivity contribution in [3.05, 3.63) is 51.4 Å². The molecule has 3 rings (SSSR count). The van der Waals surface area contributed by atoms with Crippen molar-refractivity contribution in [2.24, 2.45) is 0 Å². The molecule has 1 N–H and O–H groups in total. The van der Waals surface area contributed by atoms with Crippen LogP contribution in [0.5, 0.6) is 0 Å². The van der Waals surface area contributed by atoms with E-state index in [0.717, 1.165) is 26.0 Å². The lowest BCUT2D eigenvalue weighted by Gasteiger charge is -2.13. The molecule has 0 unspecified atom stereocenters. The first-order chi connectivity index (χ1) is 11.9. The SMILES string of the molecule is CC(C)c1cc(C(=O)Nc2ccccc2I)c2cnn(C(C)C)c2n1. The van der Waals surface area contributed by atoms with Crippen molar-refractivity contribution in [2.75, 3.05) is 5.32 Å². The number of anilines is 1. The zero-order valence-electron chi connectivity index (χ0n) is 14.7. The molecule has 0 saturated heterocycles. The van der Waals surface area contributed by atoms with E-state index in [0.29, 0.717) is 5.56 Å². The molecule has 0 atom stereocenters. The van der Waals surface area contributed by atoms with E-state index in [-0.39, 0.29) is 17.9 Å². The smallest absolute Gasteiger partial charge is 0.256 e. The second kappa shape index (κ2) is 7.11. The van der Waals surface area contributed by atoms with E-state index in [4.69, 9.17) is 4.98 Å². The molecular formula is C19H21IN4O. The fourth-order valence-corrected chi connectivity index (χ4v) is 3.17. The molecule has 25 heavy (non-hydrogen) atoms. The Morgan fingerprint density at radius 1 is 1.20 bits per heavy atom. The van der Waals surface area contributed by atoms with E-state index in [9.17, 15) is 4.79 Å². The van der Waals surface area contributed by atoms with Crippen LogP contribution in [0.15, 0.2) is 36.5 Å². The fourth-order valence-electron chi connectivity index (χ4n) is 2.65. The minimum absolute atomic E-state index is 0.137. The maximum absolute atomic E-state index is 13.0. The van der Waals surface area contributed by atoms with E-state index in [1.54, 1.807) is 6.20 Å². The average molecular weight is 448 g/mol. The highest BCUT2D eigenvalue weighted by atomic mass is 127. The van der Waals surface area contributed by atoms with Crippen LogP contribution in [-0.4, -0.2) is 20.7 Å². The largest absolute Gasteiger partial charge is 0.321 e. The summed E-state index contributed by atoms with van der Waals surface area (Å²) in [6.07, 6.45) is 1.73. The van der Waals surface area contributed by atoms with Crippen molar-refractivity contribution in [1.82, 2.24) is 14.8 Å². The van der Waals surface area contributed by atoms with Gasteiger partial charge in [0.15, 0.2) is 5.65 Å². The van der Waals surface area contributed by atoms with Gasteiger partial charge >= 0.3 is 0 Å². The topological polar surface area (TPSA) is 59.8 Å². The van der Waals surface area contributed by atoms with Crippen LogP contribution < -0.4 is 5.32 Å². The predicted molar refractivity (Wildman–Crippen MR) is 109 cm³/mol. The van der Waals surface area contributed by atoms with E-state index < -0.39 is 0 Å². The van der Waals surface area contributed by atoms with E-state index in [2.05, 4.69) is 60.7 Å². The average Bonchev–Trinajstić information content (AvgIpc) is 3.00. The van der Waals surface area contributed by atoms with Crippen LogP contribution >= 0.6 is 22.6 Å². The first-order valence-electron chi connectivity index (χ1n) is 8.32. The summed E-state index contributed by atoms with van der Waals surface area (Å²) in [5.41, 5.74) is 3.07. The van der Waals surface area contributed by atoms with Crippen LogP contribution in [0.2, 0.25) is 0 Å². The highest BCUT2D eigenvalue weighted by molar-refractivity contribution is 14.1. The van der Waals surface area contributed by atoms with E-state index in [1.807, 2.05) is 35.0 Å². The van der Waals surface area contributed by atoms with Gasteiger partial charge in [0.1, 0.15) is 0 Å². The van der Waals surface area contributed by atoms with Crippen molar-refractivity contribution in [3.63, 3.8) is 0 Å². The summed E-state index contributed by atoms with van der Waals surface area (Å²) in [6, 6.07) is 9.79. The maximum Gasteiger partial charge on any atom is 0.256 e. The number of benzene rings is 1. The normalized spacial score (nSPS) is 11.5. The standard InChI is InChI=1S/C19H21IN4O/c1-11(2)17-9-13(14-10-21-24(12(3)4)18(14)22-17)19(25)23-16-8-6-5-7-15(16)20/h5-12H,1-4H3,(H,23,25). The van der Waals surface area contributed by atoms with Gasteiger partial charge in [-0.1, -0.05) is 26.0 Å². The Labute approximate surface area is 161 Å². The molecule has 2 aromatic heterocycles. The van der Waals surface area contributed by atoms with Gasteiger partial charge in [0.2, 0.25) is 0 Å². The van der Waals surface area contributed by atoms with Gasteiger partial charge in [0.25, 0.3) is 5.91 Å². The number of pyridine rings is 1. The number of amides is 1. The quantitative estimate of drug-likeness (QED) is 0.572. The molecule has 0 radical (unpaired) electrons. The Kier molecular flexibility index (Phi) is 5.08. The molecule has 130 valence electrons. The Morgan fingerprint density at radius 2 is 1.92 bits per heavy atom. The van der Waals surface area contributed by atoms with Crippen molar-refractivity contribution >= 4 is 45.2 Å². The second-order valence-electron chi connectivity index (χ2n) is 6.60. The number of carbonyl (C=O) groups is 1. The van der Waals surface area contributed by atoms with Crippen molar-refractivity contribution in [3.8, 4) is 0 Å². The molecular weight excluding hydrogens is 427 g/mol. The van der Waals surface area contributed by atoms with Crippen LogP contribution in [0.3, 0.4) is 0 Å². The van der Waals surface area contributed by atoms with Gasteiger partial charge in [-0.15, -0.1) is 0 Å². The van der Waals surface area contributed by atoms with Gasteiger partial charge in [-0.05, 0) is 60.6 Å². The summed E-state index contributed by atoms with van der Waals surface area (Å²) >= 11 is 2.22. The Hall–Kier alpha value is -1.96. The van der Waals surface area contributed by atoms with Crippen molar-refractivity contribution < 1.29 is 4.79 Å². The molecule has 5 nitrogen and oxygen atoms in total. The number of aromatic nitrogens is 3. The Morgan fingerprint density at radius 3 is 2.56 bits per heavy atom. The monoisotopic (exact) mass is 448 g/mol. The van der Waals surface area contributed by atoms with Gasteiger partial charge < -0.3 is 5.32 Å². The lowest BCUT2D eigenvalue weighted by Crippen LogP contribution is -2.15. The Balaban J connectivity index is 2.11. The number of carbonyl (C=O) groups excluding carboxylic acids is 1. The number of para-hydroxylation sites is 1. The second-order valence-corrected chi connectivity index (χ2v) is 7.77. The van der Waals surface area contributed by atoms with E-state index in [1.165, 1.54) is 0 Å². The lowest BCUT2D eigenvalue weighted by atomic mass is 10.0. The molecule has 0 bridgehead atoms. The number of fused-ring (bicyclic) bond motifs is 1. The van der Waals surface area contributed by atoms with Crippen LogP contribution in [0.4, 0.5) is 5.69 Å². The number of rotatable bonds is 4. The first kappa shape index (κ1) is 17.8.